The van der Waals surface area contributed by atoms with E-state index in [9.17, 15) is 9.59 Å². The first-order valence-electron chi connectivity index (χ1n) is 9.41. The SMILES string of the molecule is Cc1ccc(OCC(=O)Nc2nc(-c3ccc4c(c3)N(C)C(=O)CO4)c(C)s2)cc1. The Hall–Kier alpha value is -3.39. The molecule has 0 fully saturated rings. The largest absolute Gasteiger partial charge is 0.484 e. The lowest BCUT2D eigenvalue weighted by molar-refractivity contribution is -0.121. The average Bonchev–Trinajstić information content (AvgIpc) is 3.10. The number of anilines is 2. The number of ether oxygens (including phenoxy) is 2. The fourth-order valence-corrected chi connectivity index (χ4v) is 3.93. The number of likely N-dealkylation sites (N-methyl/N-ethyl adjacent to an activating group) is 1. The number of aromatic nitrogens is 1. The fraction of sp³-hybridized carbons (Fsp3) is 0.227. The zero-order chi connectivity index (χ0) is 21.3. The van der Waals surface area contributed by atoms with Crippen LogP contribution in [0.4, 0.5) is 10.8 Å². The Morgan fingerprint density at radius 2 is 2.00 bits per heavy atom. The smallest absolute Gasteiger partial charge is 0.264 e. The highest BCUT2D eigenvalue weighted by Crippen LogP contribution is 2.37. The van der Waals surface area contributed by atoms with E-state index in [1.165, 1.54) is 11.3 Å². The molecule has 3 aromatic rings. The van der Waals surface area contributed by atoms with Crippen molar-refractivity contribution in [3.05, 3.63) is 52.9 Å². The van der Waals surface area contributed by atoms with Crippen LogP contribution in [0.2, 0.25) is 0 Å². The molecule has 0 atom stereocenters. The highest BCUT2D eigenvalue weighted by Gasteiger charge is 2.23. The third kappa shape index (κ3) is 4.13. The molecule has 7 nitrogen and oxygen atoms in total. The van der Waals surface area contributed by atoms with Crippen LogP contribution in [0.1, 0.15) is 10.4 Å². The number of benzene rings is 2. The van der Waals surface area contributed by atoms with Gasteiger partial charge in [-0.2, -0.15) is 0 Å². The number of hydrogen-bond acceptors (Lipinski definition) is 6. The third-order valence-corrected chi connectivity index (χ3v) is 5.64. The molecule has 1 N–H and O–H groups in total. The Kier molecular flexibility index (Phi) is 5.41. The Morgan fingerprint density at radius 1 is 1.23 bits per heavy atom. The molecule has 1 aliphatic rings. The summed E-state index contributed by atoms with van der Waals surface area (Å²) in [5.74, 6) is 0.924. The standard InChI is InChI=1S/C22H21N3O4S/c1-13-4-7-16(8-5-13)28-11-19(26)23-22-24-21(14(2)30-22)15-6-9-18-17(10-15)25(3)20(27)12-29-18/h4-10H,11-12H2,1-3H3,(H,23,24,26). The summed E-state index contributed by atoms with van der Waals surface area (Å²) in [4.78, 5) is 31.3. The topological polar surface area (TPSA) is 80.8 Å². The van der Waals surface area contributed by atoms with E-state index >= 15 is 0 Å². The van der Waals surface area contributed by atoms with E-state index in [-0.39, 0.29) is 25.0 Å². The maximum absolute atomic E-state index is 12.3. The minimum atomic E-state index is -0.278. The quantitative estimate of drug-likeness (QED) is 0.675. The van der Waals surface area contributed by atoms with Gasteiger partial charge in [-0.3, -0.25) is 14.9 Å². The van der Waals surface area contributed by atoms with Gasteiger partial charge in [-0.05, 0) is 44.2 Å². The Labute approximate surface area is 178 Å². The van der Waals surface area contributed by atoms with Crippen molar-refractivity contribution in [1.29, 1.82) is 0 Å². The van der Waals surface area contributed by atoms with E-state index in [2.05, 4.69) is 10.3 Å². The summed E-state index contributed by atoms with van der Waals surface area (Å²) in [6, 6.07) is 13.1. The summed E-state index contributed by atoms with van der Waals surface area (Å²) in [5.41, 5.74) is 3.43. The van der Waals surface area contributed by atoms with Crippen LogP contribution in [-0.2, 0) is 9.59 Å². The maximum Gasteiger partial charge on any atom is 0.264 e. The van der Waals surface area contributed by atoms with E-state index in [1.807, 2.05) is 56.3 Å². The monoisotopic (exact) mass is 423 g/mol. The van der Waals surface area contributed by atoms with Gasteiger partial charge < -0.3 is 14.4 Å². The first-order chi connectivity index (χ1) is 14.4. The van der Waals surface area contributed by atoms with E-state index in [1.54, 1.807) is 11.9 Å². The molecule has 30 heavy (non-hydrogen) atoms. The lowest BCUT2D eigenvalue weighted by atomic mass is 10.1. The van der Waals surface area contributed by atoms with Crippen LogP contribution in [-0.4, -0.2) is 37.1 Å². The molecule has 0 aliphatic carbocycles. The van der Waals surface area contributed by atoms with Gasteiger partial charge in [0.15, 0.2) is 18.3 Å². The molecule has 2 aromatic carbocycles. The molecule has 0 saturated carbocycles. The number of nitrogens with zero attached hydrogens (tertiary/aromatic N) is 2. The van der Waals surface area contributed by atoms with Crippen molar-refractivity contribution >= 4 is 34.0 Å². The van der Waals surface area contributed by atoms with E-state index in [0.717, 1.165) is 21.7 Å². The van der Waals surface area contributed by atoms with Crippen molar-refractivity contribution in [2.45, 2.75) is 13.8 Å². The number of aryl methyl sites for hydroxylation is 2. The van der Waals surface area contributed by atoms with Gasteiger partial charge in [0.1, 0.15) is 11.5 Å². The van der Waals surface area contributed by atoms with Crippen LogP contribution in [0.25, 0.3) is 11.3 Å². The van der Waals surface area contributed by atoms with Crippen molar-refractivity contribution < 1.29 is 19.1 Å². The van der Waals surface area contributed by atoms with Crippen LogP contribution in [0, 0.1) is 13.8 Å². The number of thiazole rings is 1. The van der Waals surface area contributed by atoms with Gasteiger partial charge in [-0.25, -0.2) is 4.98 Å². The van der Waals surface area contributed by atoms with E-state index in [0.29, 0.717) is 22.3 Å². The van der Waals surface area contributed by atoms with Gasteiger partial charge in [-0.15, -0.1) is 11.3 Å². The van der Waals surface area contributed by atoms with E-state index in [4.69, 9.17) is 9.47 Å². The Bertz CT molecular complexity index is 1110. The minimum Gasteiger partial charge on any atom is -0.484 e. The first kappa shape index (κ1) is 19.9. The summed E-state index contributed by atoms with van der Waals surface area (Å²) in [6.07, 6.45) is 0. The Morgan fingerprint density at radius 3 is 2.77 bits per heavy atom. The molecule has 2 heterocycles. The van der Waals surface area contributed by atoms with E-state index < -0.39 is 0 Å². The van der Waals surface area contributed by atoms with Crippen molar-refractivity contribution in [1.82, 2.24) is 4.98 Å². The van der Waals surface area contributed by atoms with Gasteiger partial charge in [0.25, 0.3) is 11.8 Å². The van der Waals surface area contributed by atoms with Crippen molar-refractivity contribution in [3.8, 4) is 22.8 Å². The van der Waals surface area contributed by atoms with Crippen molar-refractivity contribution in [2.24, 2.45) is 0 Å². The van der Waals surface area contributed by atoms with Gasteiger partial charge in [0.05, 0.1) is 11.4 Å². The van der Waals surface area contributed by atoms with Gasteiger partial charge in [0.2, 0.25) is 0 Å². The maximum atomic E-state index is 12.3. The molecule has 4 rings (SSSR count). The number of fused-ring (bicyclic) bond motifs is 1. The molecule has 0 unspecified atom stereocenters. The normalized spacial score (nSPS) is 12.9. The van der Waals surface area contributed by atoms with Crippen LogP contribution in [0.15, 0.2) is 42.5 Å². The lowest BCUT2D eigenvalue weighted by Gasteiger charge is -2.26. The number of nitrogens with one attached hydrogen (secondary N) is 1. The highest BCUT2D eigenvalue weighted by atomic mass is 32.1. The Balaban J connectivity index is 1.46. The number of rotatable bonds is 5. The first-order valence-corrected chi connectivity index (χ1v) is 10.2. The van der Waals surface area contributed by atoms with Crippen molar-refractivity contribution in [3.63, 3.8) is 0 Å². The summed E-state index contributed by atoms with van der Waals surface area (Å²) in [6.45, 7) is 3.88. The lowest BCUT2D eigenvalue weighted by Crippen LogP contribution is -2.35. The summed E-state index contributed by atoms with van der Waals surface area (Å²) < 4.78 is 11.0. The van der Waals surface area contributed by atoms with Gasteiger partial charge in [-0.1, -0.05) is 17.7 Å². The summed E-state index contributed by atoms with van der Waals surface area (Å²) in [5, 5.41) is 3.29. The summed E-state index contributed by atoms with van der Waals surface area (Å²) in [7, 11) is 1.72. The molecular weight excluding hydrogens is 402 g/mol. The molecule has 1 aromatic heterocycles. The number of hydrogen-bond donors (Lipinski definition) is 1. The van der Waals surface area contributed by atoms with Crippen LogP contribution in [0.3, 0.4) is 0 Å². The van der Waals surface area contributed by atoms with Crippen LogP contribution >= 0.6 is 11.3 Å². The molecule has 8 heteroatoms. The molecule has 0 bridgehead atoms. The highest BCUT2D eigenvalue weighted by molar-refractivity contribution is 7.16. The molecule has 0 spiro atoms. The minimum absolute atomic E-state index is 0.0411. The molecule has 1 aliphatic heterocycles. The molecule has 0 radical (unpaired) electrons. The second-order valence-corrected chi connectivity index (χ2v) is 8.20. The predicted molar refractivity (Wildman–Crippen MR) is 116 cm³/mol. The van der Waals surface area contributed by atoms with Gasteiger partial charge >= 0.3 is 0 Å². The summed E-state index contributed by atoms with van der Waals surface area (Å²) >= 11 is 1.39. The van der Waals surface area contributed by atoms with Crippen LogP contribution < -0.4 is 19.7 Å². The number of carbonyl (C=O) groups is 2. The van der Waals surface area contributed by atoms with Crippen molar-refractivity contribution in [2.75, 3.05) is 30.5 Å². The fourth-order valence-electron chi connectivity index (χ4n) is 3.08. The zero-order valence-electron chi connectivity index (χ0n) is 16.9. The van der Waals surface area contributed by atoms with Gasteiger partial charge in [0, 0.05) is 17.5 Å². The second kappa shape index (κ2) is 8.16. The molecule has 2 amide bonds. The number of carbonyl (C=O) groups excluding carboxylic acids is 2. The zero-order valence-corrected chi connectivity index (χ0v) is 17.7. The number of amides is 2. The second-order valence-electron chi connectivity index (χ2n) is 7.00. The predicted octanol–water partition coefficient (Wildman–Crippen LogP) is 3.80. The van der Waals surface area contributed by atoms with Crippen LogP contribution in [0.5, 0.6) is 11.5 Å². The molecule has 0 saturated heterocycles. The average molecular weight is 423 g/mol. The molecule has 154 valence electrons. The molecular formula is C22H21N3O4S. The third-order valence-electron chi connectivity index (χ3n) is 4.75.